The summed E-state index contributed by atoms with van der Waals surface area (Å²) in [6, 6.07) is 15.1. The number of rotatable bonds is 5. The van der Waals surface area contributed by atoms with E-state index in [1.165, 1.54) is 0 Å². The van der Waals surface area contributed by atoms with Gasteiger partial charge in [0.25, 0.3) is 0 Å². The highest BCUT2D eigenvalue weighted by molar-refractivity contribution is 6.30. The maximum absolute atomic E-state index is 12.9. The molecular formula is C25H31ClN2O3. The quantitative estimate of drug-likeness (QED) is 0.504. The number of amides is 2. The van der Waals surface area contributed by atoms with Crippen molar-refractivity contribution in [2.24, 2.45) is 5.92 Å². The van der Waals surface area contributed by atoms with Crippen LogP contribution in [0.4, 0.5) is 16.2 Å². The highest BCUT2D eigenvalue weighted by Crippen LogP contribution is 2.43. The van der Waals surface area contributed by atoms with Crippen molar-refractivity contribution in [3.63, 3.8) is 0 Å². The van der Waals surface area contributed by atoms with E-state index in [0.29, 0.717) is 17.3 Å². The zero-order valence-corrected chi connectivity index (χ0v) is 19.6. The van der Waals surface area contributed by atoms with Crippen molar-refractivity contribution in [2.45, 2.75) is 58.6 Å². The molecule has 5 nitrogen and oxygen atoms in total. The third-order valence-electron chi connectivity index (χ3n) is 5.55. The minimum Gasteiger partial charge on any atom is -0.444 e. The van der Waals surface area contributed by atoms with Crippen LogP contribution in [0.3, 0.4) is 0 Å². The molecule has 0 saturated carbocycles. The van der Waals surface area contributed by atoms with Crippen LogP contribution in [-0.4, -0.2) is 35.6 Å². The van der Waals surface area contributed by atoms with E-state index in [4.69, 9.17) is 16.3 Å². The molecule has 0 N–H and O–H groups in total. The summed E-state index contributed by atoms with van der Waals surface area (Å²) < 4.78 is 5.67. The standard InChI is InChI=1S/C25H31ClN2O3/c1-17(2)23-21(13-14-27(23)24(30)31-25(3,4)5)20-11-6-7-12-22(20)28(16-29)19-10-8-9-18(26)15-19/h6-12,15-17,21,23H,13-14H2,1-5H3. The number of likely N-dealkylation sites (tertiary alicyclic amines) is 1. The van der Waals surface area contributed by atoms with Crippen molar-refractivity contribution in [1.29, 1.82) is 0 Å². The van der Waals surface area contributed by atoms with Gasteiger partial charge in [-0.15, -0.1) is 0 Å². The lowest BCUT2D eigenvalue weighted by atomic mass is 9.84. The maximum atomic E-state index is 12.9. The molecule has 2 aromatic carbocycles. The number of carbonyl (C=O) groups is 2. The second-order valence-corrected chi connectivity index (χ2v) is 9.75. The highest BCUT2D eigenvalue weighted by Gasteiger charge is 2.42. The van der Waals surface area contributed by atoms with Gasteiger partial charge in [0.05, 0.1) is 11.4 Å². The number of carbonyl (C=O) groups excluding carboxylic acids is 2. The van der Waals surface area contributed by atoms with Crippen LogP contribution in [0.2, 0.25) is 5.02 Å². The van der Waals surface area contributed by atoms with Gasteiger partial charge in [-0.05, 0) is 62.9 Å². The Morgan fingerprint density at radius 2 is 1.90 bits per heavy atom. The SMILES string of the molecule is CC(C)C1C(c2ccccc2N(C=O)c2cccc(Cl)c2)CCN1C(=O)OC(C)(C)C. The number of ether oxygens (including phenoxy) is 1. The zero-order chi connectivity index (χ0) is 22.8. The molecule has 1 saturated heterocycles. The number of anilines is 2. The van der Waals surface area contributed by atoms with Crippen LogP contribution in [0, 0.1) is 5.92 Å². The van der Waals surface area contributed by atoms with E-state index in [1.807, 2.05) is 56.0 Å². The molecule has 31 heavy (non-hydrogen) atoms. The fourth-order valence-electron chi connectivity index (χ4n) is 4.42. The molecule has 2 amide bonds. The van der Waals surface area contributed by atoms with Crippen molar-refractivity contribution >= 4 is 35.5 Å². The van der Waals surface area contributed by atoms with E-state index in [0.717, 1.165) is 24.1 Å². The Balaban J connectivity index is 1.99. The van der Waals surface area contributed by atoms with Gasteiger partial charge >= 0.3 is 6.09 Å². The van der Waals surface area contributed by atoms with E-state index < -0.39 is 5.60 Å². The fraction of sp³-hybridized carbons (Fsp3) is 0.440. The second-order valence-electron chi connectivity index (χ2n) is 9.32. The Kier molecular flexibility index (Phi) is 6.95. The third kappa shape index (κ3) is 5.21. The largest absolute Gasteiger partial charge is 0.444 e. The first kappa shape index (κ1) is 23.1. The predicted octanol–water partition coefficient (Wildman–Crippen LogP) is 6.38. The Labute approximate surface area is 189 Å². The average molecular weight is 443 g/mol. The van der Waals surface area contributed by atoms with Crippen molar-refractivity contribution in [1.82, 2.24) is 4.90 Å². The molecule has 1 aliphatic rings. The third-order valence-corrected chi connectivity index (χ3v) is 5.79. The van der Waals surface area contributed by atoms with Gasteiger partial charge in [-0.2, -0.15) is 0 Å². The minimum absolute atomic E-state index is 0.0242. The van der Waals surface area contributed by atoms with Crippen LogP contribution in [0.1, 0.15) is 52.5 Å². The van der Waals surface area contributed by atoms with Crippen LogP contribution >= 0.6 is 11.6 Å². The number of halogens is 1. The zero-order valence-electron chi connectivity index (χ0n) is 18.8. The lowest BCUT2D eigenvalue weighted by Gasteiger charge is -2.34. The van der Waals surface area contributed by atoms with Crippen molar-refractivity contribution < 1.29 is 14.3 Å². The van der Waals surface area contributed by atoms with Crippen molar-refractivity contribution in [2.75, 3.05) is 11.4 Å². The average Bonchev–Trinajstić information content (AvgIpc) is 3.13. The number of nitrogens with zero attached hydrogens (tertiary/aromatic N) is 2. The number of para-hydroxylation sites is 1. The Morgan fingerprint density at radius 3 is 2.52 bits per heavy atom. The summed E-state index contributed by atoms with van der Waals surface area (Å²) in [6.07, 6.45) is 1.34. The molecule has 1 heterocycles. The summed E-state index contributed by atoms with van der Waals surface area (Å²) in [7, 11) is 0. The van der Waals surface area contributed by atoms with E-state index in [-0.39, 0.29) is 24.0 Å². The molecule has 6 heteroatoms. The summed E-state index contributed by atoms with van der Waals surface area (Å²) in [5, 5.41) is 0.568. The normalized spacial score (nSPS) is 18.9. The lowest BCUT2D eigenvalue weighted by molar-refractivity contribution is -0.106. The molecule has 0 aromatic heterocycles. The van der Waals surface area contributed by atoms with E-state index in [1.54, 1.807) is 17.0 Å². The summed E-state index contributed by atoms with van der Waals surface area (Å²) in [6.45, 7) is 10.5. The first-order valence-corrected chi connectivity index (χ1v) is 11.1. The molecule has 2 unspecified atom stereocenters. The first-order chi connectivity index (χ1) is 14.6. The minimum atomic E-state index is -0.546. The van der Waals surface area contributed by atoms with Gasteiger partial charge < -0.3 is 9.64 Å². The Morgan fingerprint density at radius 1 is 1.19 bits per heavy atom. The van der Waals surface area contributed by atoms with Gasteiger partial charge in [-0.3, -0.25) is 9.69 Å². The van der Waals surface area contributed by atoms with Gasteiger partial charge in [0.2, 0.25) is 6.41 Å². The molecule has 3 rings (SSSR count). The maximum Gasteiger partial charge on any atom is 0.410 e. The molecule has 0 aliphatic carbocycles. The molecule has 166 valence electrons. The van der Waals surface area contributed by atoms with Gasteiger partial charge in [0.15, 0.2) is 0 Å². The monoisotopic (exact) mass is 442 g/mol. The summed E-state index contributed by atoms with van der Waals surface area (Å²) in [4.78, 5) is 28.5. The first-order valence-electron chi connectivity index (χ1n) is 10.7. The molecule has 2 atom stereocenters. The van der Waals surface area contributed by atoms with E-state index in [9.17, 15) is 9.59 Å². The van der Waals surface area contributed by atoms with Gasteiger partial charge in [0.1, 0.15) is 5.60 Å². The molecule has 0 radical (unpaired) electrons. The smallest absolute Gasteiger partial charge is 0.410 e. The fourth-order valence-corrected chi connectivity index (χ4v) is 4.60. The molecule has 1 fully saturated rings. The van der Waals surface area contributed by atoms with E-state index >= 15 is 0 Å². The van der Waals surface area contributed by atoms with Crippen molar-refractivity contribution in [3.8, 4) is 0 Å². The number of hydrogen-bond acceptors (Lipinski definition) is 3. The lowest BCUT2D eigenvalue weighted by Crippen LogP contribution is -2.43. The van der Waals surface area contributed by atoms with Gasteiger partial charge in [-0.25, -0.2) is 4.79 Å². The van der Waals surface area contributed by atoms with Crippen LogP contribution in [0.15, 0.2) is 48.5 Å². The van der Waals surface area contributed by atoms with Crippen LogP contribution in [0.25, 0.3) is 0 Å². The summed E-state index contributed by atoms with van der Waals surface area (Å²) in [5.41, 5.74) is 2.01. The molecule has 2 aromatic rings. The van der Waals surface area contributed by atoms with Crippen LogP contribution in [0.5, 0.6) is 0 Å². The van der Waals surface area contributed by atoms with Crippen LogP contribution in [-0.2, 0) is 9.53 Å². The number of hydrogen-bond donors (Lipinski definition) is 0. The van der Waals surface area contributed by atoms with Gasteiger partial charge in [-0.1, -0.05) is 49.7 Å². The Bertz CT molecular complexity index is 938. The van der Waals surface area contributed by atoms with E-state index in [2.05, 4.69) is 19.9 Å². The second kappa shape index (κ2) is 9.31. The topological polar surface area (TPSA) is 49.9 Å². The highest BCUT2D eigenvalue weighted by atomic mass is 35.5. The summed E-state index contributed by atoms with van der Waals surface area (Å²) >= 11 is 6.17. The Hall–Kier alpha value is -2.53. The molecule has 0 spiro atoms. The number of benzene rings is 2. The molecular weight excluding hydrogens is 412 g/mol. The summed E-state index contributed by atoms with van der Waals surface area (Å²) in [5.74, 6) is 0.314. The van der Waals surface area contributed by atoms with Gasteiger partial charge in [0, 0.05) is 23.5 Å². The molecule has 0 bridgehead atoms. The van der Waals surface area contributed by atoms with Crippen LogP contribution < -0.4 is 4.90 Å². The predicted molar refractivity (Wildman–Crippen MR) is 125 cm³/mol. The molecule has 1 aliphatic heterocycles. The van der Waals surface area contributed by atoms with Crippen molar-refractivity contribution in [3.05, 3.63) is 59.1 Å².